The van der Waals surface area contributed by atoms with Gasteiger partial charge in [0, 0.05) is 10.2 Å². The number of hydrogen-bond acceptors (Lipinski definition) is 4. The third-order valence-corrected chi connectivity index (χ3v) is 6.39. The smallest absolute Gasteiger partial charge is 0.281 e. The standard InChI is InChI=1S/C26H23BrN2O3S/c1-3-17-10-12-20(13-11-17)28-22(14-18-15-24(32-4-2)23(30)16-21(18)27)25(31)29(26(28)33)19-8-6-5-7-9-19/h5-16,30H,3-4H2,1-2H3/b22-14-. The highest BCUT2D eigenvalue weighted by molar-refractivity contribution is 9.10. The molecule has 0 atom stereocenters. The highest BCUT2D eigenvalue weighted by Crippen LogP contribution is 2.37. The van der Waals surface area contributed by atoms with E-state index < -0.39 is 0 Å². The minimum Gasteiger partial charge on any atom is -0.504 e. The molecule has 1 saturated heterocycles. The van der Waals surface area contributed by atoms with Crippen LogP contribution < -0.4 is 14.5 Å². The van der Waals surface area contributed by atoms with Crippen molar-refractivity contribution in [2.24, 2.45) is 0 Å². The molecule has 3 aromatic carbocycles. The quantitative estimate of drug-likeness (QED) is 0.304. The molecule has 1 aliphatic heterocycles. The van der Waals surface area contributed by atoms with Gasteiger partial charge in [0.25, 0.3) is 5.91 Å². The lowest BCUT2D eigenvalue weighted by Gasteiger charge is -2.21. The van der Waals surface area contributed by atoms with Gasteiger partial charge in [-0.2, -0.15) is 0 Å². The number of para-hydroxylation sites is 1. The number of anilines is 2. The summed E-state index contributed by atoms with van der Waals surface area (Å²) in [7, 11) is 0. The van der Waals surface area contributed by atoms with E-state index in [1.54, 1.807) is 23.1 Å². The lowest BCUT2D eigenvalue weighted by molar-refractivity contribution is -0.113. The molecule has 4 rings (SSSR count). The van der Waals surface area contributed by atoms with Gasteiger partial charge in [0.2, 0.25) is 0 Å². The van der Waals surface area contributed by atoms with Crippen molar-refractivity contribution in [3.63, 3.8) is 0 Å². The summed E-state index contributed by atoms with van der Waals surface area (Å²) in [5.41, 5.74) is 3.79. The molecule has 0 radical (unpaired) electrons. The van der Waals surface area contributed by atoms with Crippen LogP contribution in [-0.4, -0.2) is 22.7 Å². The van der Waals surface area contributed by atoms with E-state index in [-0.39, 0.29) is 11.7 Å². The van der Waals surface area contributed by atoms with E-state index in [1.807, 2.05) is 61.5 Å². The fourth-order valence-corrected chi connectivity index (χ4v) is 4.49. The van der Waals surface area contributed by atoms with Crippen LogP contribution in [0, 0.1) is 0 Å². The number of aryl methyl sites for hydroxylation is 1. The lowest BCUT2D eigenvalue weighted by Crippen LogP contribution is -2.32. The van der Waals surface area contributed by atoms with Crippen LogP contribution in [0.5, 0.6) is 11.5 Å². The van der Waals surface area contributed by atoms with E-state index in [9.17, 15) is 9.90 Å². The maximum atomic E-state index is 13.6. The van der Waals surface area contributed by atoms with Gasteiger partial charge in [0.15, 0.2) is 16.6 Å². The molecule has 1 N–H and O–H groups in total. The maximum absolute atomic E-state index is 13.6. The first kappa shape index (κ1) is 23.0. The van der Waals surface area contributed by atoms with Crippen LogP contribution in [0.3, 0.4) is 0 Å². The molecule has 0 spiro atoms. The number of phenols is 1. The van der Waals surface area contributed by atoms with Crippen molar-refractivity contribution in [1.29, 1.82) is 0 Å². The number of rotatable bonds is 6. The molecule has 0 unspecified atom stereocenters. The molecule has 7 heteroatoms. The van der Waals surface area contributed by atoms with Gasteiger partial charge in [-0.1, -0.05) is 53.2 Å². The summed E-state index contributed by atoms with van der Waals surface area (Å²) >= 11 is 9.29. The molecule has 3 aromatic rings. The molecule has 33 heavy (non-hydrogen) atoms. The largest absolute Gasteiger partial charge is 0.504 e. The summed E-state index contributed by atoms with van der Waals surface area (Å²) in [4.78, 5) is 17.0. The number of nitrogens with zero attached hydrogens (tertiary/aromatic N) is 2. The van der Waals surface area contributed by atoms with Gasteiger partial charge < -0.3 is 9.84 Å². The van der Waals surface area contributed by atoms with Crippen LogP contribution in [-0.2, 0) is 11.2 Å². The van der Waals surface area contributed by atoms with Gasteiger partial charge in [-0.15, -0.1) is 0 Å². The first-order valence-corrected chi connectivity index (χ1v) is 11.8. The van der Waals surface area contributed by atoms with Gasteiger partial charge in [0.1, 0.15) is 5.70 Å². The molecule has 1 amide bonds. The monoisotopic (exact) mass is 522 g/mol. The molecule has 0 aliphatic carbocycles. The fraction of sp³-hybridized carbons (Fsp3) is 0.154. The van der Waals surface area contributed by atoms with Crippen molar-refractivity contribution in [3.05, 3.63) is 88.0 Å². The molecule has 0 saturated carbocycles. The number of amides is 1. The SMILES string of the molecule is CCOc1cc(/C=C2/C(=O)N(c3ccccc3)C(=S)N2c2ccc(CC)cc2)c(Br)cc1O. The Bertz CT molecular complexity index is 1230. The van der Waals surface area contributed by atoms with Gasteiger partial charge in [-0.3, -0.25) is 14.6 Å². The Morgan fingerprint density at radius 2 is 1.67 bits per heavy atom. The maximum Gasteiger partial charge on any atom is 0.281 e. The van der Waals surface area contributed by atoms with E-state index in [0.29, 0.717) is 38.9 Å². The van der Waals surface area contributed by atoms with Crippen molar-refractivity contribution in [2.45, 2.75) is 20.3 Å². The Labute approximate surface area is 207 Å². The lowest BCUT2D eigenvalue weighted by atomic mass is 10.1. The van der Waals surface area contributed by atoms with Crippen molar-refractivity contribution in [3.8, 4) is 11.5 Å². The zero-order valence-electron chi connectivity index (χ0n) is 18.3. The van der Waals surface area contributed by atoms with Gasteiger partial charge in [0.05, 0.1) is 12.3 Å². The Balaban J connectivity index is 1.86. The minimum atomic E-state index is -0.233. The van der Waals surface area contributed by atoms with Gasteiger partial charge in [-0.25, -0.2) is 0 Å². The molecule has 1 aliphatic rings. The summed E-state index contributed by atoms with van der Waals surface area (Å²) in [6.07, 6.45) is 2.68. The molecule has 0 aromatic heterocycles. The number of carbonyl (C=O) groups excluding carboxylic acids is 1. The third kappa shape index (κ3) is 4.51. The molecular formula is C26H23BrN2O3S. The Kier molecular flexibility index (Phi) is 6.81. The van der Waals surface area contributed by atoms with E-state index in [1.165, 1.54) is 10.5 Å². The summed E-state index contributed by atoms with van der Waals surface area (Å²) < 4.78 is 6.17. The number of aromatic hydroxyl groups is 1. The normalized spacial score (nSPS) is 14.9. The predicted octanol–water partition coefficient (Wildman–Crippen LogP) is 6.30. The van der Waals surface area contributed by atoms with E-state index >= 15 is 0 Å². The number of halogens is 1. The molecule has 0 bridgehead atoms. The van der Waals surface area contributed by atoms with Gasteiger partial charge >= 0.3 is 0 Å². The number of thiocarbonyl (C=S) groups is 1. The van der Waals surface area contributed by atoms with Crippen LogP contribution in [0.25, 0.3) is 6.08 Å². The Hall–Kier alpha value is -3.16. The highest BCUT2D eigenvalue weighted by Gasteiger charge is 2.40. The van der Waals surface area contributed by atoms with Gasteiger partial charge in [-0.05, 0) is 79.2 Å². The number of phenolic OH excluding ortho intramolecular Hbond substituents is 1. The number of hydrogen-bond donors (Lipinski definition) is 1. The number of benzene rings is 3. The van der Waals surface area contributed by atoms with E-state index in [4.69, 9.17) is 17.0 Å². The van der Waals surface area contributed by atoms with Crippen LogP contribution in [0.2, 0.25) is 0 Å². The first-order valence-electron chi connectivity index (χ1n) is 10.6. The highest BCUT2D eigenvalue weighted by atomic mass is 79.9. The summed E-state index contributed by atoms with van der Waals surface area (Å²) in [6.45, 7) is 4.35. The fourth-order valence-electron chi connectivity index (χ4n) is 3.65. The second kappa shape index (κ2) is 9.77. The third-order valence-electron chi connectivity index (χ3n) is 5.33. The predicted molar refractivity (Wildman–Crippen MR) is 140 cm³/mol. The molecule has 1 heterocycles. The van der Waals surface area contributed by atoms with Crippen molar-refractivity contribution >= 4 is 56.6 Å². The van der Waals surface area contributed by atoms with E-state index in [0.717, 1.165) is 12.1 Å². The van der Waals surface area contributed by atoms with Crippen LogP contribution in [0.15, 0.2) is 76.9 Å². The second-order valence-corrected chi connectivity index (χ2v) is 8.64. The zero-order chi connectivity index (χ0) is 23.5. The number of ether oxygens (including phenoxy) is 1. The molecular weight excluding hydrogens is 500 g/mol. The van der Waals surface area contributed by atoms with Crippen molar-refractivity contribution in [2.75, 3.05) is 16.4 Å². The second-order valence-electron chi connectivity index (χ2n) is 7.42. The Morgan fingerprint density at radius 3 is 2.30 bits per heavy atom. The summed E-state index contributed by atoms with van der Waals surface area (Å²) in [6, 6.07) is 20.6. The average Bonchev–Trinajstić information content (AvgIpc) is 3.07. The Morgan fingerprint density at radius 1 is 1.00 bits per heavy atom. The van der Waals surface area contributed by atoms with Crippen molar-refractivity contribution < 1.29 is 14.6 Å². The van der Waals surface area contributed by atoms with Crippen LogP contribution in [0.4, 0.5) is 11.4 Å². The average molecular weight is 523 g/mol. The molecule has 5 nitrogen and oxygen atoms in total. The molecule has 1 fully saturated rings. The zero-order valence-corrected chi connectivity index (χ0v) is 20.7. The number of carbonyl (C=O) groups is 1. The van der Waals surface area contributed by atoms with E-state index in [2.05, 4.69) is 22.9 Å². The van der Waals surface area contributed by atoms with Crippen LogP contribution in [0.1, 0.15) is 25.0 Å². The van der Waals surface area contributed by atoms with Crippen molar-refractivity contribution in [1.82, 2.24) is 0 Å². The van der Waals surface area contributed by atoms with Crippen LogP contribution >= 0.6 is 28.1 Å². The topological polar surface area (TPSA) is 53.0 Å². The first-order chi connectivity index (χ1) is 15.9. The summed E-state index contributed by atoms with van der Waals surface area (Å²) in [5, 5.41) is 10.6. The molecule has 168 valence electrons. The summed E-state index contributed by atoms with van der Waals surface area (Å²) in [5.74, 6) is 0.139. The minimum absolute atomic E-state index is 0.0251.